The number of fused-ring (bicyclic) bond motifs is 1. The SMILES string of the molecule is COC(=O)[C@H](CC(=O)OC(C)(C)C)NC(=O)c1ccnc2ccccc12. The number of aromatic nitrogens is 1. The van der Waals surface area contributed by atoms with Crippen LogP contribution in [0.1, 0.15) is 37.6 Å². The van der Waals surface area contributed by atoms with Gasteiger partial charge in [-0.05, 0) is 32.9 Å². The van der Waals surface area contributed by atoms with Crippen LogP contribution in [-0.4, -0.2) is 41.6 Å². The number of carbonyl (C=O) groups is 3. The highest BCUT2D eigenvalue weighted by atomic mass is 16.6. The maximum atomic E-state index is 12.7. The Labute approximate surface area is 151 Å². The second-order valence-electron chi connectivity index (χ2n) is 6.72. The minimum Gasteiger partial charge on any atom is -0.467 e. The summed E-state index contributed by atoms with van der Waals surface area (Å²) in [7, 11) is 1.19. The van der Waals surface area contributed by atoms with Crippen molar-refractivity contribution in [1.29, 1.82) is 0 Å². The Morgan fingerprint density at radius 2 is 1.85 bits per heavy atom. The molecule has 0 fully saturated rings. The molecule has 1 heterocycles. The van der Waals surface area contributed by atoms with E-state index in [0.29, 0.717) is 16.5 Å². The number of methoxy groups -OCH3 is 1. The van der Waals surface area contributed by atoms with Gasteiger partial charge in [0.25, 0.3) is 5.91 Å². The van der Waals surface area contributed by atoms with E-state index in [4.69, 9.17) is 9.47 Å². The molecule has 1 aromatic carbocycles. The van der Waals surface area contributed by atoms with Crippen molar-refractivity contribution in [2.24, 2.45) is 0 Å². The van der Waals surface area contributed by atoms with Crippen LogP contribution in [0, 0.1) is 0 Å². The van der Waals surface area contributed by atoms with Crippen LogP contribution in [0.2, 0.25) is 0 Å². The second kappa shape index (κ2) is 7.95. The third-order valence-corrected chi connectivity index (χ3v) is 3.48. The first-order valence-corrected chi connectivity index (χ1v) is 8.15. The molecule has 2 aromatic rings. The number of esters is 2. The Morgan fingerprint density at radius 3 is 2.50 bits per heavy atom. The molecule has 0 saturated heterocycles. The number of pyridine rings is 1. The van der Waals surface area contributed by atoms with Crippen molar-refractivity contribution in [3.8, 4) is 0 Å². The first-order valence-electron chi connectivity index (χ1n) is 8.15. The molecule has 0 spiro atoms. The molecular formula is C19H22N2O5. The molecule has 0 bridgehead atoms. The van der Waals surface area contributed by atoms with Gasteiger partial charge in [0.15, 0.2) is 0 Å². The fourth-order valence-corrected chi connectivity index (χ4v) is 2.42. The lowest BCUT2D eigenvalue weighted by molar-refractivity contribution is -0.158. The number of hydrogen-bond donors (Lipinski definition) is 1. The number of amides is 1. The standard InChI is InChI=1S/C19H22N2O5/c1-19(2,3)26-16(22)11-15(18(24)25-4)21-17(23)13-9-10-20-14-8-6-5-7-12(13)14/h5-10,15H,11H2,1-4H3,(H,21,23)/t15-/m0/s1. The quantitative estimate of drug-likeness (QED) is 0.824. The van der Waals surface area contributed by atoms with E-state index in [9.17, 15) is 14.4 Å². The maximum absolute atomic E-state index is 12.7. The van der Waals surface area contributed by atoms with Gasteiger partial charge < -0.3 is 14.8 Å². The first-order chi connectivity index (χ1) is 12.2. The summed E-state index contributed by atoms with van der Waals surface area (Å²) in [5.74, 6) is -1.82. The van der Waals surface area contributed by atoms with Crippen molar-refractivity contribution in [2.45, 2.75) is 38.8 Å². The summed E-state index contributed by atoms with van der Waals surface area (Å²) in [5.41, 5.74) is 0.318. The Balaban J connectivity index is 2.20. The summed E-state index contributed by atoms with van der Waals surface area (Å²) in [6, 6.07) is 7.56. The number of nitrogens with zero attached hydrogens (tertiary/aromatic N) is 1. The van der Waals surface area contributed by atoms with Gasteiger partial charge in [-0.15, -0.1) is 0 Å². The number of rotatable bonds is 5. The lowest BCUT2D eigenvalue weighted by atomic mass is 10.1. The third kappa shape index (κ3) is 5.02. The molecule has 0 aliphatic carbocycles. The minimum absolute atomic E-state index is 0.321. The van der Waals surface area contributed by atoms with Gasteiger partial charge in [-0.1, -0.05) is 18.2 Å². The van der Waals surface area contributed by atoms with E-state index in [2.05, 4.69) is 10.3 Å². The zero-order valence-electron chi connectivity index (χ0n) is 15.2. The summed E-state index contributed by atoms with van der Waals surface area (Å²) < 4.78 is 9.91. The van der Waals surface area contributed by atoms with Gasteiger partial charge in [0.05, 0.1) is 24.6 Å². The fourth-order valence-electron chi connectivity index (χ4n) is 2.42. The Hall–Kier alpha value is -2.96. The summed E-state index contributed by atoms with van der Waals surface area (Å²) in [4.78, 5) is 40.9. The fraction of sp³-hybridized carbons (Fsp3) is 0.368. The summed E-state index contributed by atoms with van der Waals surface area (Å²) in [6.07, 6.45) is 1.19. The van der Waals surface area contributed by atoms with E-state index < -0.39 is 29.5 Å². The molecule has 7 heteroatoms. The molecule has 7 nitrogen and oxygen atoms in total. The third-order valence-electron chi connectivity index (χ3n) is 3.48. The lowest BCUT2D eigenvalue weighted by Crippen LogP contribution is -2.44. The van der Waals surface area contributed by atoms with Crippen LogP contribution >= 0.6 is 0 Å². The van der Waals surface area contributed by atoms with Crippen molar-refractivity contribution in [2.75, 3.05) is 7.11 Å². The number of hydrogen-bond acceptors (Lipinski definition) is 6. The number of ether oxygens (including phenoxy) is 2. The molecule has 26 heavy (non-hydrogen) atoms. The second-order valence-corrected chi connectivity index (χ2v) is 6.72. The predicted octanol–water partition coefficient (Wildman–Crippen LogP) is 2.24. The molecule has 1 atom stereocenters. The van der Waals surface area contributed by atoms with Gasteiger partial charge in [0.1, 0.15) is 11.6 Å². The normalized spacial score (nSPS) is 12.3. The summed E-state index contributed by atoms with van der Waals surface area (Å²) in [6.45, 7) is 5.17. The van der Waals surface area contributed by atoms with E-state index in [1.807, 2.05) is 6.07 Å². The number of nitrogens with one attached hydrogen (secondary N) is 1. The van der Waals surface area contributed by atoms with Gasteiger partial charge in [-0.3, -0.25) is 14.6 Å². The van der Waals surface area contributed by atoms with Crippen molar-refractivity contribution in [3.05, 3.63) is 42.1 Å². The highest BCUT2D eigenvalue weighted by molar-refractivity contribution is 6.07. The lowest BCUT2D eigenvalue weighted by Gasteiger charge is -2.22. The summed E-state index contributed by atoms with van der Waals surface area (Å²) >= 11 is 0. The van der Waals surface area contributed by atoms with Gasteiger partial charge in [0, 0.05) is 11.6 Å². The van der Waals surface area contributed by atoms with Gasteiger partial charge in [-0.2, -0.15) is 0 Å². The zero-order chi connectivity index (χ0) is 19.3. The topological polar surface area (TPSA) is 94.6 Å². The molecule has 2 rings (SSSR count). The molecule has 0 aliphatic rings. The van der Waals surface area contributed by atoms with E-state index in [1.165, 1.54) is 13.3 Å². The summed E-state index contributed by atoms with van der Waals surface area (Å²) in [5, 5.41) is 3.20. The van der Waals surface area contributed by atoms with E-state index >= 15 is 0 Å². The van der Waals surface area contributed by atoms with Crippen LogP contribution in [0.3, 0.4) is 0 Å². The molecule has 0 radical (unpaired) electrons. The Morgan fingerprint density at radius 1 is 1.15 bits per heavy atom. The van der Waals surface area contributed by atoms with Crippen molar-refractivity contribution >= 4 is 28.7 Å². The highest BCUT2D eigenvalue weighted by Gasteiger charge is 2.28. The average Bonchev–Trinajstić information content (AvgIpc) is 2.58. The minimum atomic E-state index is -1.14. The van der Waals surface area contributed by atoms with Gasteiger partial charge in [-0.25, -0.2) is 4.79 Å². The molecule has 1 amide bonds. The van der Waals surface area contributed by atoms with Gasteiger partial charge >= 0.3 is 11.9 Å². The molecule has 1 N–H and O–H groups in total. The number of para-hydroxylation sites is 1. The van der Waals surface area contributed by atoms with E-state index in [1.54, 1.807) is 45.0 Å². The van der Waals surface area contributed by atoms with Crippen molar-refractivity contribution < 1.29 is 23.9 Å². The first kappa shape index (κ1) is 19.4. The molecule has 138 valence electrons. The number of carbonyl (C=O) groups excluding carboxylic acids is 3. The van der Waals surface area contributed by atoms with Gasteiger partial charge in [0.2, 0.25) is 0 Å². The predicted molar refractivity (Wildman–Crippen MR) is 95.5 cm³/mol. The van der Waals surface area contributed by atoms with Crippen LogP contribution in [-0.2, 0) is 19.1 Å². The van der Waals surface area contributed by atoms with Crippen molar-refractivity contribution in [1.82, 2.24) is 10.3 Å². The van der Waals surface area contributed by atoms with Crippen LogP contribution < -0.4 is 5.32 Å². The van der Waals surface area contributed by atoms with E-state index in [-0.39, 0.29) is 6.42 Å². The number of benzene rings is 1. The zero-order valence-corrected chi connectivity index (χ0v) is 15.2. The van der Waals surface area contributed by atoms with Crippen LogP contribution in [0.5, 0.6) is 0 Å². The highest BCUT2D eigenvalue weighted by Crippen LogP contribution is 2.17. The van der Waals surface area contributed by atoms with E-state index in [0.717, 1.165) is 0 Å². The average molecular weight is 358 g/mol. The molecule has 0 unspecified atom stereocenters. The molecule has 0 aliphatic heterocycles. The monoisotopic (exact) mass is 358 g/mol. The Bertz CT molecular complexity index is 821. The largest absolute Gasteiger partial charge is 0.467 e. The van der Waals surface area contributed by atoms with Crippen LogP contribution in [0.25, 0.3) is 10.9 Å². The maximum Gasteiger partial charge on any atom is 0.328 e. The van der Waals surface area contributed by atoms with Crippen molar-refractivity contribution in [3.63, 3.8) is 0 Å². The van der Waals surface area contributed by atoms with Crippen LogP contribution in [0.4, 0.5) is 0 Å². The molecule has 0 saturated carbocycles. The smallest absolute Gasteiger partial charge is 0.328 e. The Kier molecular flexibility index (Phi) is 5.92. The van der Waals surface area contributed by atoms with Crippen LogP contribution in [0.15, 0.2) is 36.5 Å². The molecule has 1 aromatic heterocycles. The molecular weight excluding hydrogens is 336 g/mol.